The summed E-state index contributed by atoms with van der Waals surface area (Å²) in [6.07, 6.45) is 3.67. The van der Waals surface area contributed by atoms with Gasteiger partial charge in [-0.15, -0.1) is 0 Å². The van der Waals surface area contributed by atoms with Crippen LogP contribution in [-0.4, -0.2) is 67.2 Å². The Hall–Kier alpha value is -2.80. The molecule has 1 saturated heterocycles. The van der Waals surface area contributed by atoms with Gasteiger partial charge >= 0.3 is 0 Å². The van der Waals surface area contributed by atoms with Gasteiger partial charge in [-0.3, -0.25) is 14.7 Å². The third kappa shape index (κ3) is 3.83. The number of amides is 1. The normalized spacial score (nSPS) is 16.9. The van der Waals surface area contributed by atoms with Gasteiger partial charge in [-0.05, 0) is 23.8 Å². The Morgan fingerprint density at radius 3 is 2.74 bits per heavy atom. The molecule has 1 fully saturated rings. The number of carbonyl (C=O) groups is 1. The van der Waals surface area contributed by atoms with E-state index in [1.807, 2.05) is 17.2 Å². The Morgan fingerprint density at radius 2 is 2.00 bits per heavy atom. The SMILES string of the molecule is COc1cc(C(=O)N2CCN(Cc3cccnc3)CC2)cc2c1OCCO2. The molecule has 7 nitrogen and oxygen atoms in total. The first-order valence-electron chi connectivity index (χ1n) is 9.13. The van der Waals surface area contributed by atoms with Crippen molar-refractivity contribution in [1.29, 1.82) is 0 Å². The number of nitrogens with zero attached hydrogens (tertiary/aromatic N) is 3. The fourth-order valence-corrected chi connectivity index (χ4v) is 3.44. The fraction of sp³-hybridized carbons (Fsp3) is 0.400. The van der Waals surface area contributed by atoms with Crippen LogP contribution in [0.15, 0.2) is 36.7 Å². The lowest BCUT2D eigenvalue weighted by atomic mass is 10.1. The number of pyridine rings is 1. The molecule has 1 amide bonds. The standard InChI is InChI=1S/C20H23N3O4/c1-25-17-11-16(12-18-19(17)27-10-9-26-18)20(24)23-7-5-22(6-8-23)14-15-3-2-4-21-13-15/h2-4,11-13H,5-10,14H2,1H3. The molecule has 2 aromatic rings. The van der Waals surface area contributed by atoms with Crippen LogP contribution >= 0.6 is 0 Å². The predicted octanol–water partition coefficient (Wildman–Crippen LogP) is 1.82. The molecule has 2 aliphatic heterocycles. The van der Waals surface area contributed by atoms with Crippen LogP contribution in [0.5, 0.6) is 17.2 Å². The third-order valence-corrected chi connectivity index (χ3v) is 4.86. The van der Waals surface area contributed by atoms with Gasteiger partial charge < -0.3 is 19.1 Å². The van der Waals surface area contributed by atoms with Gasteiger partial charge in [0.05, 0.1) is 7.11 Å². The Labute approximate surface area is 158 Å². The van der Waals surface area contributed by atoms with Crippen molar-refractivity contribution in [3.63, 3.8) is 0 Å². The molecule has 1 aromatic carbocycles. The number of fused-ring (bicyclic) bond motifs is 1. The average molecular weight is 369 g/mol. The molecule has 142 valence electrons. The molecule has 0 spiro atoms. The highest BCUT2D eigenvalue weighted by molar-refractivity contribution is 5.95. The summed E-state index contributed by atoms with van der Waals surface area (Å²) in [5.41, 5.74) is 1.76. The highest BCUT2D eigenvalue weighted by Gasteiger charge is 2.26. The summed E-state index contributed by atoms with van der Waals surface area (Å²) in [4.78, 5) is 21.3. The maximum absolute atomic E-state index is 13.0. The van der Waals surface area contributed by atoms with Crippen molar-refractivity contribution in [2.75, 3.05) is 46.5 Å². The van der Waals surface area contributed by atoms with E-state index in [9.17, 15) is 4.79 Å². The van der Waals surface area contributed by atoms with Crippen molar-refractivity contribution in [2.45, 2.75) is 6.54 Å². The van der Waals surface area contributed by atoms with E-state index in [0.29, 0.717) is 49.1 Å². The average Bonchev–Trinajstić information content (AvgIpc) is 2.73. The highest BCUT2D eigenvalue weighted by atomic mass is 16.6. The molecule has 0 atom stereocenters. The van der Waals surface area contributed by atoms with Gasteiger partial charge in [0, 0.05) is 50.7 Å². The van der Waals surface area contributed by atoms with E-state index in [4.69, 9.17) is 14.2 Å². The molecule has 1 aromatic heterocycles. The maximum atomic E-state index is 13.0. The van der Waals surface area contributed by atoms with Crippen molar-refractivity contribution in [3.8, 4) is 17.2 Å². The molecule has 0 aliphatic carbocycles. The molecule has 0 radical (unpaired) electrons. The maximum Gasteiger partial charge on any atom is 0.254 e. The molecule has 2 aliphatic rings. The number of rotatable bonds is 4. The number of carbonyl (C=O) groups excluding carboxylic acids is 1. The molecule has 3 heterocycles. The fourth-order valence-electron chi connectivity index (χ4n) is 3.44. The number of piperazine rings is 1. The second-order valence-electron chi connectivity index (χ2n) is 6.63. The number of benzene rings is 1. The van der Waals surface area contributed by atoms with Crippen LogP contribution in [0.2, 0.25) is 0 Å². The van der Waals surface area contributed by atoms with Crippen LogP contribution in [0.4, 0.5) is 0 Å². The lowest BCUT2D eigenvalue weighted by Crippen LogP contribution is -2.48. The minimum absolute atomic E-state index is 0.00805. The van der Waals surface area contributed by atoms with E-state index < -0.39 is 0 Å². The molecule has 0 bridgehead atoms. The van der Waals surface area contributed by atoms with Crippen molar-refractivity contribution in [1.82, 2.24) is 14.8 Å². The summed E-state index contributed by atoms with van der Waals surface area (Å²) in [7, 11) is 1.57. The first kappa shape index (κ1) is 17.6. The summed E-state index contributed by atoms with van der Waals surface area (Å²) in [6.45, 7) is 4.86. The molecule has 0 unspecified atom stereocenters. The van der Waals surface area contributed by atoms with Crippen LogP contribution in [0.3, 0.4) is 0 Å². The second kappa shape index (κ2) is 7.84. The van der Waals surface area contributed by atoms with Crippen LogP contribution in [0, 0.1) is 0 Å². The Morgan fingerprint density at radius 1 is 1.19 bits per heavy atom. The number of hydrogen-bond donors (Lipinski definition) is 0. The first-order chi connectivity index (χ1) is 13.2. The quantitative estimate of drug-likeness (QED) is 0.819. The highest BCUT2D eigenvalue weighted by Crippen LogP contribution is 2.40. The van der Waals surface area contributed by atoms with Gasteiger partial charge in [0.15, 0.2) is 11.5 Å². The van der Waals surface area contributed by atoms with Crippen molar-refractivity contribution in [3.05, 3.63) is 47.8 Å². The summed E-state index contributed by atoms with van der Waals surface area (Å²) in [5, 5.41) is 0. The second-order valence-corrected chi connectivity index (χ2v) is 6.63. The smallest absolute Gasteiger partial charge is 0.254 e. The summed E-state index contributed by atoms with van der Waals surface area (Å²) >= 11 is 0. The summed E-state index contributed by atoms with van der Waals surface area (Å²) in [5.74, 6) is 1.66. The van der Waals surface area contributed by atoms with E-state index in [1.165, 1.54) is 5.56 Å². The van der Waals surface area contributed by atoms with E-state index in [1.54, 1.807) is 25.4 Å². The van der Waals surface area contributed by atoms with Crippen molar-refractivity contribution >= 4 is 5.91 Å². The zero-order valence-electron chi connectivity index (χ0n) is 15.4. The Bertz CT molecular complexity index is 787. The number of methoxy groups -OCH3 is 1. The van der Waals surface area contributed by atoms with Crippen LogP contribution in [0.1, 0.15) is 15.9 Å². The van der Waals surface area contributed by atoms with Crippen LogP contribution < -0.4 is 14.2 Å². The van der Waals surface area contributed by atoms with E-state index in [0.717, 1.165) is 19.6 Å². The van der Waals surface area contributed by atoms with Gasteiger partial charge in [-0.25, -0.2) is 0 Å². The molecular formula is C20H23N3O4. The molecule has 7 heteroatoms. The first-order valence-corrected chi connectivity index (χ1v) is 9.13. The zero-order chi connectivity index (χ0) is 18.6. The molecule has 4 rings (SSSR count). The van der Waals surface area contributed by atoms with Crippen molar-refractivity contribution < 1.29 is 19.0 Å². The van der Waals surface area contributed by atoms with Gasteiger partial charge in [-0.2, -0.15) is 0 Å². The molecule has 0 N–H and O–H groups in total. The molecule has 0 saturated carbocycles. The van der Waals surface area contributed by atoms with E-state index in [-0.39, 0.29) is 5.91 Å². The zero-order valence-corrected chi connectivity index (χ0v) is 15.4. The van der Waals surface area contributed by atoms with Gasteiger partial charge in [0.25, 0.3) is 5.91 Å². The predicted molar refractivity (Wildman–Crippen MR) is 99.4 cm³/mol. The number of aromatic nitrogens is 1. The lowest BCUT2D eigenvalue weighted by Gasteiger charge is -2.35. The minimum atomic E-state index is -0.00805. The molecule has 27 heavy (non-hydrogen) atoms. The lowest BCUT2D eigenvalue weighted by molar-refractivity contribution is 0.0627. The van der Waals surface area contributed by atoms with Gasteiger partial charge in [0.1, 0.15) is 13.2 Å². The van der Waals surface area contributed by atoms with E-state index >= 15 is 0 Å². The van der Waals surface area contributed by atoms with Crippen LogP contribution in [0.25, 0.3) is 0 Å². The van der Waals surface area contributed by atoms with Gasteiger partial charge in [-0.1, -0.05) is 6.07 Å². The Balaban J connectivity index is 1.42. The van der Waals surface area contributed by atoms with Crippen LogP contribution in [-0.2, 0) is 6.54 Å². The van der Waals surface area contributed by atoms with Crippen molar-refractivity contribution in [2.24, 2.45) is 0 Å². The third-order valence-electron chi connectivity index (χ3n) is 4.86. The summed E-state index contributed by atoms with van der Waals surface area (Å²) in [6, 6.07) is 7.51. The topological polar surface area (TPSA) is 64.1 Å². The molecular weight excluding hydrogens is 346 g/mol. The monoisotopic (exact) mass is 369 g/mol. The van der Waals surface area contributed by atoms with Gasteiger partial charge in [0.2, 0.25) is 5.75 Å². The minimum Gasteiger partial charge on any atom is -0.493 e. The number of hydrogen-bond acceptors (Lipinski definition) is 6. The Kier molecular flexibility index (Phi) is 5.11. The summed E-state index contributed by atoms with van der Waals surface area (Å²) < 4.78 is 16.6. The largest absolute Gasteiger partial charge is 0.493 e. The van der Waals surface area contributed by atoms with E-state index in [2.05, 4.69) is 16.0 Å². The number of ether oxygens (including phenoxy) is 3.